The zero-order valence-electron chi connectivity index (χ0n) is 11.6. The van der Waals surface area contributed by atoms with E-state index in [4.69, 9.17) is 4.42 Å². The Morgan fingerprint density at radius 3 is 3.15 bits per heavy atom. The van der Waals surface area contributed by atoms with Gasteiger partial charge in [-0.1, -0.05) is 13.3 Å². The van der Waals surface area contributed by atoms with Crippen LogP contribution < -0.4 is 10.6 Å². The van der Waals surface area contributed by atoms with Crippen LogP contribution in [0.3, 0.4) is 0 Å². The van der Waals surface area contributed by atoms with E-state index in [-0.39, 0.29) is 11.9 Å². The summed E-state index contributed by atoms with van der Waals surface area (Å²) < 4.78 is 5.56. The van der Waals surface area contributed by atoms with Gasteiger partial charge >= 0.3 is 0 Å². The Morgan fingerprint density at radius 2 is 2.40 bits per heavy atom. The average Bonchev–Trinajstić information content (AvgIpc) is 2.90. The maximum Gasteiger partial charge on any atom is 0.241 e. The number of hydrogen-bond acceptors (Lipinski definition) is 4. The number of oxazole rings is 1. The van der Waals surface area contributed by atoms with E-state index in [1.165, 1.54) is 0 Å². The van der Waals surface area contributed by atoms with Crippen molar-refractivity contribution in [3.63, 3.8) is 0 Å². The molecule has 1 atom stereocenters. The van der Waals surface area contributed by atoms with Crippen molar-refractivity contribution >= 4 is 22.7 Å². The van der Waals surface area contributed by atoms with Crippen LogP contribution in [0.2, 0.25) is 0 Å². The van der Waals surface area contributed by atoms with Crippen LogP contribution >= 0.6 is 0 Å². The molecule has 1 saturated heterocycles. The van der Waals surface area contributed by atoms with Gasteiger partial charge in [0.15, 0.2) is 11.5 Å². The largest absolute Gasteiger partial charge is 0.441 e. The van der Waals surface area contributed by atoms with Crippen molar-refractivity contribution in [2.45, 2.75) is 38.6 Å². The maximum atomic E-state index is 12.1. The Labute approximate surface area is 117 Å². The summed E-state index contributed by atoms with van der Waals surface area (Å²) in [5.41, 5.74) is 2.32. The number of piperidine rings is 1. The first kappa shape index (κ1) is 13.1. The highest BCUT2D eigenvalue weighted by Crippen LogP contribution is 2.21. The van der Waals surface area contributed by atoms with Gasteiger partial charge in [-0.2, -0.15) is 0 Å². The first-order valence-electron chi connectivity index (χ1n) is 7.20. The molecule has 1 aliphatic heterocycles. The monoisotopic (exact) mass is 273 g/mol. The van der Waals surface area contributed by atoms with Gasteiger partial charge in [0, 0.05) is 12.1 Å². The molecule has 20 heavy (non-hydrogen) atoms. The van der Waals surface area contributed by atoms with E-state index < -0.39 is 0 Å². The van der Waals surface area contributed by atoms with Gasteiger partial charge in [-0.15, -0.1) is 0 Å². The lowest BCUT2D eigenvalue weighted by Crippen LogP contribution is -2.43. The van der Waals surface area contributed by atoms with Crippen molar-refractivity contribution in [2.24, 2.45) is 0 Å². The second-order valence-corrected chi connectivity index (χ2v) is 5.14. The summed E-state index contributed by atoms with van der Waals surface area (Å²) in [5, 5.41) is 6.19. The van der Waals surface area contributed by atoms with Gasteiger partial charge in [-0.25, -0.2) is 4.98 Å². The smallest absolute Gasteiger partial charge is 0.241 e. The number of amides is 1. The minimum Gasteiger partial charge on any atom is -0.441 e. The Morgan fingerprint density at radius 1 is 1.50 bits per heavy atom. The predicted molar refractivity (Wildman–Crippen MR) is 77.7 cm³/mol. The number of aryl methyl sites for hydroxylation is 1. The number of benzene rings is 1. The van der Waals surface area contributed by atoms with Crippen molar-refractivity contribution in [3.05, 3.63) is 24.1 Å². The summed E-state index contributed by atoms with van der Waals surface area (Å²) in [6.45, 7) is 2.92. The predicted octanol–water partition coefficient (Wildman–Crippen LogP) is 2.47. The molecule has 1 aliphatic rings. The van der Waals surface area contributed by atoms with Gasteiger partial charge < -0.3 is 15.1 Å². The Hall–Kier alpha value is -1.88. The van der Waals surface area contributed by atoms with Crippen molar-refractivity contribution in [1.29, 1.82) is 0 Å². The fourth-order valence-electron chi connectivity index (χ4n) is 2.51. The van der Waals surface area contributed by atoms with Crippen LogP contribution in [0.4, 0.5) is 5.69 Å². The molecule has 0 unspecified atom stereocenters. The molecular weight excluding hydrogens is 254 g/mol. The molecule has 0 spiro atoms. The highest BCUT2D eigenvalue weighted by molar-refractivity contribution is 5.96. The zero-order valence-corrected chi connectivity index (χ0v) is 11.6. The number of nitrogens with zero attached hydrogens (tertiary/aromatic N) is 1. The highest BCUT2D eigenvalue weighted by atomic mass is 16.3. The van der Waals surface area contributed by atoms with Gasteiger partial charge in [-0.05, 0) is 37.6 Å². The van der Waals surface area contributed by atoms with Gasteiger partial charge in [0.25, 0.3) is 0 Å². The number of hydrogen-bond donors (Lipinski definition) is 2. The first-order valence-corrected chi connectivity index (χ1v) is 7.20. The van der Waals surface area contributed by atoms with Gasteiger partial charge in [0.1, 0.15) is 5.52 Å². The molecular formula is C15H19N3O2. The normalized spacial score (nSPS) is 19.1. The number of fused-ring (bicyclic) bond motifs is 1. The Kier molecular flexibility index (Phi) is 3.69. The zero-order chi connectivity index (χ0) is 13.9. The molecule has 0 radical (unpaired) electrons. The average molecular weight is 273 g/mol. The minimum absolute atomic E-state index is 0.0308. The quantitative estimate of drug-likeness (QED) is 0.901. The lowest BCUT2D eigenvalue weighted by atomic mass is 10.0. The van der Waals surface area contributed by atoms with Crippen LogP contribution in [0.5, 0.6) is 0 Å². The molecule has 0 aliphatic carbocycles. The molecule has 1 amide bonds. The number of carbonyl (C=O) groups is 1. The second kappa shape index (κ2) is 5.63. The number of nitrogens with one attached hydrogen (secondary N) is 2. The molecule has 5 heteroatoms. The first-order chi connectivity index (χ1) is 9.76. The van der Waals surface area contributed by atoms with Crippen molar-refractivity contribution in [1.82, 2.24) is 10.3 Å². The summed E-state index contributed by atoms with van der Waals surface area (Å²) in [6, 6.07) is 5.49. The lowest BCUT2D eigenvalue weighted by molar-refractivity contribution is -0.118. The van der Waals surface area contributed by atoms with Gasteiger partial charge in [0.2, 0.25) is 5.91 Å². The van der Waals surface area contributed by atoms with Crippen molar-refractivity contribution in [2.75, 3.05) is 11.9 Å². The second-order valence-electron chi connectivity index (χ2n) is 5.14. The van der Waals surface area contributed by atoms with E-state index >= 15 is 0 Å². The molecule has 2 heterocycles. The van der Waals surface area contributed by atoms with E-state index in [1.54, 1.807) is 0 Å². The molecule has 106 valence electrons. The number of carbonyl (C=O) groups excluding carboxylic acids is 1. The minimum atomic E-state index is -0.0806. The van der Waals surface area contributed by atoms with Crippen LogP contribution in [-0.4, -0.2) is 23.5 Å². The summed E-state index contributed by atoms with van der Waals surface area (Å²) in [6.07, 6.45) is 3.92. The molecule has 5 nitrogen and oxygen atoms in total. The Balaban J connectivity index is 1.74. The summed E-state index contributed by atoms with van der Waals surface area (Å²) in [7, 11) is 0. The molecule has 3 rings (SSSR count). The SMILES string of the molecule is CCc1nc2cc(NC(=O)[C@@H]3CCCCN3)ccc2o1. The fraction of sp³-hybridized carbons (Fsp3) is 0.467. The molecule has 1 aromatic carbocycles. The third-order valence-corrected chi connectivity index (χ3v) is 3.63. The van der Waals surface area contributed by atoms with E-state index in [9.17, 15) is 4.79 Å². The molecule has 2 N–H and O–H groups in total. The van der Waals surface area contributed by atoms with E-state index in [2.05, 4.69) is 15.6 Å². The maximum absolute atomic E-state index is 12.1. The Bertz CT molecular complexity index is 615. The van der Waals surface area contributed by atoms with E-state index in [0.29, 0.717) is 0 Å². The van der Waals surface area contributed by atoms with E-state index in [1.807, 2.05) is 25.1 Å². The van der Waals surface area contributed by atoms with Gasteiger partial charge in [-0.3, -0.25) is 4.79 Å². The van der Waals surface area contributed by atoms with Crippen LogP contribution in [0.1, 0.15) is 32.1 Å². The van der Waals surface area contributed by atoms with E-state index in [0.717, 1.165) is 54.9 Å². The van der Waals surface area contributed by atoms with Crippen molar-refractivity contribution < 1.29 is 9.21 Å². The third-order valence-electron chi connectivity index (χ3n) is 3.63. The van der Waals surface area contributed by atoms with Crippen LogP contribution in [0.25, 0.3) is 11.1 Å². The fourth-order valence-corrected chi connectivity index (χ4v) is 2.51. The molecule has 0 saturated carbocycles. The molecule has 0 bridgehead atoms. The van der Waals surface area contributed by atoms with Crippen LogP contribution in [0, 0.1) is 0 Å². The van der Waals surface area contributed by atoms with Crippen LogP contribution in [-0.2, 0) is 11.2 Å². The summed E-state index contributed by atoms with van der Waals surface area (Å²) in [5.74, 6) is 0.751. The molecule has 1 fully saturated rings. The number of aromatic nitrogens is 1. The molecule has 2 aromatic rings. The lowest BCUT2D eigenvalue weighted by Gasteiger charge is -2.22. The number of anilines is 1. The molecule has 1 aromatic heterocycles. The van der Waals surface area contributed by atoms with Crippen LogP contribution in [0.15, 0.2) is 22.6 Å². The topological polar surface area (TPSA) is 67.2 Å². The van der Waals surface area contributed by atoms with Gasteiger partial charge in [0.05, 0.1) is 6.04 Å². The van der Waals surface area contributed by atoms with Crippen molar-refractivity contribution in [3.8, 4) is 0 Å². The highest BCUT2D eigenvalue weighted by Gasteiger charge is 2.20. The summed E-state index contributed by atoms with van der Waals surface area (Å²) in [4.78, 5) is 16.5. The number of rotatable bonds is 3. The summed E-state index contributed by atoms with van der Waals surface area (Å²) >= 11 is 0. The standard InChI is InChI=1S/C15H19N3O2/c1-2-14-18-12-9-10(6-7-13(12)20-14)17-15(19)11-5-3-4-8-16-11/h6-7,9,11,16H,2-5,8H2,1H3,(H,17,19)/t11-/m0/s1. The third kappa shape index (κ3) is 2.67.